The Morgan fingerprint density at radius 3 is 1.29 bits per heavy atom. The lowest BCUT2D eigenvalue weighted by molar-refractivity contribution is 1.07. The Balaban J connectivity index is 1.13. The van der Waals surface area contributed by atoms with Gasteiger partial charge in [-0.15, -0.1) is 0 Å². The van der Waals surface area contributed by atoms with E-state index >= 15 is 0 Å². The standard InChI is InChI=1S/C52H32N4/c1-53-41-21-13-18-38(31-41)34-26-28-35(29-27-34)46-32-48-45-25-11-9-23-43(45)47(33-49(48)44-24-10-8-22-42(44)46)39-19-12-20-40(30-39)52-55-50(36-14-4-2-5-15-36)54-51(56-52)37-16-6-3-7-17-37/h2-33H. The molecular weight excluding hydrogens is 681 g/mol. The number of aromatic nitrogens is 3. The summed E-state index contributed by atoms with van der Waals surface area (Å²) < 4.78 is 0. The van der Waals surface area contributed by atoms with Crippen molar-refractivity contribution in [3.05, 3.63) is 206 Å². The topological polar surface area (TPSA) is 43.0 Å². The Morgan fingerprint density at radius 2 is 0.714 bits per heavy atom. The molecule has 0 spiro atoms. The lowest BCUT2D eigenvalue weighted by atomic mass is 9.87. The Kier molecular flexibility index (Phi) is 8.17. The highest BCUT2D eigenvalue weighted by molar-refractivity contribution is 6.23. The maximum Gasteiger partial charge on any atom is 0.187 e. The van der Waals surface area contributed by atoms with Crippen molar-refractivity contribution < 1.29 is 0 Å². The Morgan fingerprint density at radius 1 is 0.286 bits per heavy atom. The summed E-state index contributed by atoms with van der Waals surface area (Å²) in [6, 6.07) is 67.4. The SMILES string of the molecule is [C-]#[N+]c1cccc(-c2ccc(-c3cc4c5ccccc5c(-c5cccc(-c6nc(-c7ccccc7)nc(-c7ccccc7)n6)c5)cc4c4ccccc34)cc2)c1. The molecule has 0 N–H and O–H groups in total. The molecule has 0 bridgehead atoms. The minimum Gasteiger partial charge on any atom is -0.238 e. The van der Waals surface area contributed by atoms with Gasteiger partial charge in [-0.2, -0.15) is 0 Å². The van der Waals surface area contributed by atoms with Crippen LogP contribution in [0, 0.1) is 6.57 Å². The summed E-state index contributed by atoms with van der Waals surface area (Å²) in [6.07, 6.45) is 0. The van der Waals surface area contributed by atoms with Gasteiger partial charge < -0.3 is 0 Å². The van der Waals surface area contributed by atoms with E-state index in [-0.39, 0.29) is 0 Å². The molecule has 10 rings (SSSR count). The van der Waals surface area contributed by atoms with E-state index in [9.17, 15) is 0 Å². The Bertz CT molecular complexity index is 3070. The molecule has 260 valence electrons. The molecule has 0 aliphatic rings. The molecule has 0 aliphatic carbocycles. The molecule has 1 heterocycles. The molecule has 1 aromatic heterocycles. The van der Waals surface area contributed by atoms with Crippen molar-refractivity contribution in [3.8, 4) is 67.5 Å². The quantitative estimate of drug-likeness (QED) is 0.127. The third-order valence-corrected chi connectivity index (χ3v) is 10.5. The fourth-order valence-corrected chi connectivity index (χ4v) is 7.79. The Labute approximate surface area is 324 Å². The summed E-state index contributed by atoms with van der Waals surface area (Å²) in [5.41, 5.74) is 10.2. The first kappa shape index (κ1) is 32.9. The van der Waals surface area contributed by atoms with Crippen LogP contribution in [0.2, 0.25) is 0 Å². The van der Waals surface area contributed by atoms with Crippen molar-refractivity contribution in [1.29, 1.82) is 0 Å². The number of benzene rings is 9. The average Bonchev–Trinajstić information content (AvgIpc) is 3.29. The first-order chi connectivity index (χ1) is 27.7. The molecule has 0 aliphatic heterocycles. The number of hydrogen-bond acceptors (Lipinski definition) is 3. The van der Waals surface area contributed by atoms with Gasteiger partial charge in [0.1, 0.15) is 0 Å². The second kappa shape index (κ2) is 13.9. The van der Waals surface area contributed by atoms with Crippen LogP contribution < -0.4 is 0 Å². The number of fused-ring (bicyclic) bond motifs is 5. The van der Waals surface area contributed by atoms with E-state index < -0.39 is 0 Å². The van der Waals surface area contributed by atoms with Gasteiger partial charge in [-0.05, 0) is 90.0 Å². The summed E-state index contributed by atoms with van der Waals surface area (Å²) >= 11 is 0. The molecule has 4 heteroatoms. The highest BCUT2D eigenvalue weighted by Gasteiger charge is 2.17. The van der Waals surface area contributed by atoms with Crippen LogP contribution in [0.15, 0.2) is 194 Å². The van der Waals surface area contributed by atoms with Gasteiger partial charge in [0.25, 0.3) is 0 Å². The molecule has 0 radical (unpaired) electrons. The van der Waals surface area contributed by atoms with Gasteiger partial charge in [0.2, 0.25) is 0 Å². The van der Waals surface area contributed by atoms with Crippen molar-refractivity contribution in [2.24, 2.45) is 0 Å². The third-order valence-electron chi connectivity index (χ3n) is 10.5. The highest BCUT2D eigenvalue weighted by Crippen LogP contribution is 2.42. The Hall–Kier alpha value is -7.74. The monoisotopic (exact) mass is 712 g/mol. The number of hydrogen-bond donors (Lipinski definition) is 0. The summed E-state index contributed by atoms with van der Waals surface area (Å²) in [5, 5.41) is 7.19. The first-order valence-corrected chi connectivity index (χ1v) is 18.6. The zero-order valence-electron chi connectivity index (χ0n) is 30.3. The average molecular weight is 713 g/mol. The van der Waals surface area contributed by atoms with Gasteiger partial charge in [0, 0.05) is 16.7 Å². The van der Waals surface area contributed by atoms with E-state index in [1.54, 1.807) is 0 Å². The highest BCUT2D eigenvalue weighted by atomic mass is 15.0. The first-order valence-electron chi connectivity index (χ1n) is 18.6. The maximum absolute atomic E-state index is 7.44. The zero-order valence-corrected chi connectivity index (χ0v) is 30.3. The van der Waals surface area contributed by atoms with E-state index in [0.717, 1.165) is 44.5 Å². The second-order valence-corrected chi connectivity index (χ2v) is 13.9. The van der Waals surface area contributed by atoms with Crippen molar-refractivity contribution in [1.82, 2.24) is 15.0 Å². The van der Waals surface area contributed by atoms with Crippen LogP contribution >= 0.6 is 0 Å². The van der Waals surface area contributed by atoms with Crippen LogP contribution in [0.25, 0.3) is 105 Å². The van der Waals surface area contributed by atoms with E-state index in [4.69, 9.17) is 21.5 Å². The number of rotatable bonds is 6. The summed E-state index contributed by atoms with van der Waals surface area (Å²) in [6.45, 7) is 7.44. The van der Waals surface area contributed by atoms with Gasteiger partial charge in [0.15, 0.2) is 23.2 Å². The fourth-order valence-electron chi connectivity index (χ4n) is 7.79. The van der Waals surface area contributed by atoms with Gasteiger partial charge in [-0.1, -0.05) is 170 Å². The van der Waals surface area contributed by atoms with Gasteiger partial charge in [0.05, 0.1) is 6.57 Å². The smallest absolute Gasteiger partial charge is 0.187 e. The third kappa shape index (κ3) is 5.94. The van der Waals surface area contributed by atoms with Crippen molar-refractivity contribution in [3.63, 3.8) is 0 Å². The van der Waals surface area contributed by atoms with Crippen LogP contribution in [0.1, 0.15) is 0 Å². The van der Waals surface area contributed by atoms with Gasteiger partial charge in [-0.25, -0.2) is 19.8 Å². The molecule has 0 fully saturated rings. The van der Waals surface area contributed by atoms with Crippen molar-refractivity contribution >= 4 is 38.0 Å². The summed E-state index contributed by atoms with van der Waals surface area (Å²) in [4.78, 5) is 18.6. The predicted molar refractivity (Wildman–Crippen MR) is 231 cm³/mol. The van der Waals surface area contributed by atoms with Crippen LogP contribution in [-0.4, -0.2) is 15.0 Å². The molecule has 0 atom stereocenters. The van der Waals surface area contributed by atoms with E-state index in [2.05, 4.69) is 120 Å². The van der Waals surface area contributed by atoms with Crippen LogP contribution in [0.3, 0.4) is 0 Å². The molecule has 0 saturated heterocycles. The molecular formula is C52H32N4. The largest absolute Gasteiger partial charge is 0.238 e. The molecule has 56 heavy (non-hydrogen) atoms. The summed E-state index contributed by atoms with van der Waals surface area (Å²) in [5.74, 6) is 1.91. The van der Waals surface area contributed by atoms with Crippen molar-refractivity contribution in [2.45, 2.75) is 0 Å². The van der Waals surface area contributed by atoms with Crippen LogP contribution in [0.5, 0.6) is 0 Å². The predicted octanol–water partition coefficient (Wildman–Crippen LogP) is 13.9. The van der Waals surface area contributed by atoms with Crippen LogP contribution in [0.4, 0.5) is 5.69 Å². The van der Waals surface area contributed by atoms with E-state index in [1.165, 1.54) is 37.9 Å². The lowest BCUT2D eigenvalue weighted by Crippen LogP contribution is -2.00. The molecule has 10 aromatic rings. The minimum absolute atomic E-state index is 0.629. The maximum atomic E-state index is 7.44. The lowest BCUT2D eigenvalue weighted by Gasteiger charge is -2.16. The summed E-state index contributed by atoms with van der Waals surface area (Å²) in [7, 11) is 0. The van der Waals surface area contributed by atoms with Crippen LogP contribution in [-0.2, 0) is 0 Å². The molecule has 0 unspecified atom stereocenters. The molecule has 4 nitrogen and oxygen atoms in total. The van der Waals surface area contributed by atoms with Crippen molar-refractivity contribution in [2.75, 3.05) is 0 Å². The van der Waals surface area contributed by atoms with E-state index in [0.29, 0.717) is 23.2 Å². The fraction of sp³-hybridized carbons (Fsp3) is 0. The normalized spacial score (nSPS) is 11.2. The molecule has 0 amide bonds. The zero-order chi connectivity index (χ0) is 37.4. The minimum atomic E-state index is 0.629. The van der Waals surface area contributed by atoms with E-state index in [1.807, 2.05) is 78.9 Å². The molecule has 0 saturated carbocycles. The van der Waals surface area contributed by atoms with Gasteiger partial charge in [-0.3, -0.25) is 0 Å². The second-order valence-electron chi connectivity index (χ2n) is 13.9. The van der Waals surface area contributed by atoms with Gasteiger partial charge >= 0.3 is 0 Å². The number of nitrogens with zero attached hydrogens (tertiary/aromatic N) is 4. The molecule has 9 aromatic carbocycles.